The number of benzene rings is 3. The van der Waals surface area contributed by atoms with Crippen molar-refractivity contribution in [2.24, 2.45) is 5.41 Å². The van der Waals surface area contributed by atoms with Crippen LogP contribution in [0, 0.1) is 5.41 Å². The van der Waals surface area contributed by atoms with Gasteiger partial charge in [-0.15, -0.1) is 0 Å². The Bertz CT molecular complexity index is 1190. The number of likely N-dealkylation sites (tertiary alicyclic amines) is 2. The van der Waals surface area contributed by atoms with E-state index in [0.717, 1.165) is 61.9 Å². The summed E-state index contributed by atoms with van der Waals surface area (Å²) in [5, 5.41) is 3.25. The molecule has 2 saturated heterocycles. The molecule has 5 nitrogen and oxygen atoms in total. The largest absolute Gasteiger partial charge is 0.345 e. The van der Waals surface area contributed by atoms with Crippen LogP contribution < -0.4 is 5.32 Å². The van der Waals surface area contributed by atoms with Gasteiger partial charge in [0.2, 0.25) is 5.91 Å². The Hall–Kier alpha value is -2.96. The molecule has 2 heterocycles. The summed E-state index contributed by atoms with van der Waals surface area (Å²) in [4.78, 5) is 30.8. The quantitative estimate of drug-likeness (QED) is 0.378. The second kappa shape index (κ2) is 11.6. The highest BCUT2D eigenvalue weighted by Gasteiger charge is 2.47. The Labute approximate surface area is 228 Å². The molecule has 1 spiro atoms. The van der Waals surface area contributed by atoms with Gasteiger partial charge in [0.25, 0.3) is 5.91 Å². The average molecular weight is 561 g/mol. The molecule has 0 radical (unpaired) electrons. The lowest BCUT2D eigenvalue weighted by Crippen LogP contribution is -2.45. The molecule has 0 aromatic heterocycles. The van der Waals surface area contributed by atoms with Crippen molar-refractivity contribution in [3.8, 4) is 0 Å². The van der Waals surface area contributed by atoms with Crippen molar-refractivity contribution < 1.29 is 9.59 Å². The zero-order valence-corrected chi connectivity index (χ0v) is 22.7. The first-order chi connectivity index (χ1) is 18.0. The van der Waals surface area contributed by atoms with Gasteiger partial charge in [-0.2, -0.15) is 0 Å². The molecule has 0 aliphatic carbocycles. The first-order valence-electron chi connectivity index (χ1n) is 13.2. The van der Waals surface area contributed by atoms with E-state index in [0.29, 0.717) is 18.0 Å². The fourth-order valence-electron chi connectivity index (χ4n) is 5.67. The SMILES string of the molecule is O=C(NC(CCN1CCC2(CC1)CCN(Cc1ccc(Br)cc1)C2=O)c1ccccc1)c1ccccc1. The molecular formula is C31H34BrN3O2. The number of nitrogens with one attached hydrogen (secondary N) is 1. The Balaban J connectivity index is 1.16. The van der Waals surface area contributed by atoms with E-state index >= 15 is 0 Å². The summed E-state index contributed by atoms with van der Waals surface area (Å²) in [5.74, 6) is 0.279. The summed E-state index contributed by atoms with van der Waals surface area (Å²) in [6.07, 6.45) is 3.61. The summed E-state index contributed by atoms with van der Waals surface area (Å²) >= 11 is 3.48. The molecular weight excluding hydrogens is 526 g/mol. The normalized spacial score (nSPS) is 18.2. The van der Waals surface area contributed by atoms with Gasteiger partial charge in [-0.3, -0.25) is 9.59 Å². The van der Waals surface area contributed by atoms with Gasteiger partial charge in [-0.1, -0.05) is 76.6 Å². The van der Waals surface area contributed by atoms with Gasteiger partial charge in [0.1, 0.15) is 0 Å². The van der Waals surface area contributed by atoms with Crippen LogP contribution in [0.4, 0.5) is 0 Å². The molecule has 2 amide bonds. The molecule has 6 heteroatoms. The highest BCUT2D eigenvalue weighted by atomic mass is 79.9. The first kappa shape index (κ1) is 25.7. The van der Waals surface area contributed by atoms with E-state index in [-0.39, 0.29) is 17.4 Å². The third kappa shape index (κ3) is 6.13. The lowest BCUT2D eigenvalue weighted by atomic mass is 9.77. The van der Waals surface area contributed by atoms with Crippen LogP contribution >= 0.6 is 15.9 Å². The molecule has 0 saturated carbocycles. The molecule has 1 atom stereocenters. The molecule has 37 heavy (non-hydrogen) atoms. The number of amides is 2. The number of nitrogens with zero attached hydrogens (tertiary/aromatic N) is 2. The van der Waals surface area contributed by atoms with Crippen molar-refractivity contribution in [2.45, 2.75) is 38.3 Å². The minimum Gasteiger partial charge on any atom is -0.345 e. The number of hydrogen-bond acceptors (Lipinski definition) is 3. The highest BCUT2D eigenvalue weighted by molar-refractivity contribution is 9.10. The number of hydrogen-bond donors (Lipinski definition) is 1. The number of halogens is 1. The fourth-order valence-corrected chi connectivity index (χ4v) is 5.94. The van der Waals surface area contributed by atoms with Crippen LogP contribution in [0.5, 0.6) is 0 Å². The molecule has 2 aliphatic rings. The van der Waals surface area contributed by atoms with Crippen LogP contribution in [0.3, 0.4) is 0 Å². The van der Waals surface area contributed by atoms with Gasteiger partial charge in [0.15, 0.2) is 0 Å². The lowest BCUT2D eigenvalue weighted by Gasteiger charge is -2.38. The summed E-state index contributed by atoms with van der Waals surface area (Å²) in [7, 11) is 0. The van der Waals surface area contributed by atoms with Crippen molar-refractivity contribution in [2.75, 3.05) is 26.2 Å². The monoisotopic (exact) mass is 559 g/mol. The summed E-state index contributed by atoms with van der Waals surface area (Å²) in [6.45, 7) is 4.27. The zero-order chi connectivity index (χ0) is 25.7. The predicted octanol–water partition coefficient (Wildman–Crippen LogP) is 5.83. The fraction of sp³-hybridized carbons (Fsp3) is 0.355. The van der Waals surface area contributed by atoms with E-state index in [1.807, 2.05) is 65.6 Å². The Kier molecular flexibility index (Phi) is 8.06. The maximum atomic E-state index is 13.4. The van der Waals surface area contributed by atoms with Gasteiger partial charge >= 0.3 is 0 Å². The molecule has 5 rings (SSSR count). The number of piperidine rings is 1. The van der Waals surface area contributed by atoms with Crippen molar-refractivity contribution in [3.63, 3.8) is 0 Å². The standard InChI is InChI=1S/C31H34BrN3O2/c32-27-13-11-24(12-14-27)23-35-22-18-31(30(35)37)16-20-34(21-17-31)19-15-28(25-7-3-1-4-8-25)33-29(36)26-9-5-2-6-10-26/h1-14,28H,15-23H2,(H,33,36). The minimum absolute atomic E-state index is 0.0468. The molecule has 1 unspecified atom stereocenters. The molecule has 0 bridgehead atoms. The average Bonchev–Trinajstić information content (AvgIpc) is 3.23. The van der Waals surface area contributed by atoms with Crippen LogP contribution in [0.15, 0.2) is 89.4 Å². The predicted molar refractivity (Wildman–Crippen MR) is 150 cm³/mol. The molecule has 1 N–H and O–H groups in total. The van der Waals surface area contributed by atoms with E-state index in [9.17, 15) is 9.59 Å². The van der Waals surface area contributed by atoms with E-state index in [4.69, 9.17) is 0 Å². The Morgan fingerprint density at radius 3 is 2.16 bits per heavy atom. The Morgan fingerprint density at radius 2 is 1.49 bits per heavy atom. The molecule has 3 aromatic rings. The van der Waals surface area contributed by atoms with Crippen LogP contribution in [-0.4, -0.2) is 47.8 Å². The van der Waals surface area contributed by atoms with Crippen LogP contribution in [0.2, 0.25) is 0 Å². The third-order valence-corrected chi connectivity index (χ3v) is 8.51. The van der Waals surface area contributed by atoms with E-state index in [1.54, 1.807) is 0 Å². The van der Waals surface area contributed by atoms with Gasteiger partial charge in [0, 0.05) is 29.7 Å². The third-order valence-electron chi connectivity index (χ3n) is 7.98. The van der Waals surface area contributed by atoms with Crippen molar-refractivity contribution in [3.05, 3.63) is 106 Å². The summed E-state index contributed by atoms with van der Waals surface area (Å²) < 4.78 is 1.06. The minimum atomic E-state index is -0.202. The molecule has 2 aliphatic heterocycles. The number of carbonyl (C=O) groups excluding carboxylic acids is 2. The van der Waals surface area contributed by atoms with E-state index in [2.05, 4.69) is 50.4 Å². The van der Waals surface area contributed by atoms with Gasteiger partial charge in [-0.25, -0.2) is 0 Å². The van der Waals surface area contributed by atoms with Crippen molar-refractivity contribution >= 4 is 27.7 Å². The second-order valence-electron chi connectivity index (χ2n) is 10.3. The van der Waals surface area contributed by atoms with Crippen molar-refractivity contribution in [1.29, 1.82) is 0 Å². The smallest absolute Gasteiger partial charge is 0.251 e. The van der Waals surface area contributed by atoms with E-state index in [1.165, 1.54) is 5.56 Å². The van der Waals surface area contributed by atoms with Crippen LogP contribution in [-0.2, 0) is 11.3 Å². The maximum Gasteiger partial charge on any atom is 0.251 e. The molecule has 2 fully saturated rings. The zero-order valence-electron chi connectivity index (χ0n) is 21.1. The van der Waals surface area contributed by atoms with Crippen LogP contribution in [0.1, 0.15) is 53.2 Å². The summed E-state index contributed by atoms with van der Waals surface area (Å²) in [5.41, 5.74) is 2.77. The van der Waals surface area contributed by atoms with Gasteiger partial charge < -0.3 is 15.1 Å². The van der Waals surface area contributed by atoms with E-state index < -0.39 is 0 Å². The van der Waals surface area contributed by atoms with Gasteiger partial charge in [-0.05, 0) is 74.2 Å². The summed E-state index contributed by atoms with van der Waals surface area (Å²) in [6, 6.07) is 27.8. The Morgan fingerprint density at radius 1 is 0.865 bits per heavy atom. The maximum absolute atomic E-state index is 13.4. The number of rotatable bonds is 8. The van der Waals surface area contributed by atoms with Crippen molar-refractivity contribution in [1.82, 2.24) is 15.1 Å². The second-order valence-corrected chi connectivity index (χ2v) is 11.2. The topological polar surface area (TPSA) is 52.7 Å². The molecule has 192 valence electrons. The highest BCUT2D eigenvalue weighted by Crippen LogP contribution is 2.42. The van der Waals surface area contributed by atoms with Crippen LogP contribution in [0.25, 0.3) is 0 Å². The number of carbonyl (C=O) groups is 2. The molecule has 3 aromatic carbocycles. The lowest BCUT2D eigenvalue weighted by molar-refractivity contribution is -0.138. The first-order valence-corrected chi connectivity index (χ1v) is 14.0. The van der Waals surface area contributed by atoms with Gasteiger partial charge in [0.05, 0.1) is 11.5 Å².